The smallest absolute Gasteiger partial charge is 0.309 e. The van der Waals surface area contributed by atoms with E-state index in [0.29, 0.717) is 5.02 Å². The zero-order valence-corrected chi connectivity index (χ0v) is 16.4. The SMILES string of the molecule is CNc1c(C)nsc1-c1ccc(-c2ccc(CC(=O)OC)cc2Cl)cc1. The van der Waals surface area contributed by atoms with Crippen LogP contribution in [0.3, 0.4) is 0 Å². The summed E-state index contributed by atoms with van der Waals surface area (Å²) in [6.45, 7) is 2.00. The molecule has 1 heterocycles. The third kappa shape index (κ3) is 3.74. The van der Waals surface area contributed by atoms with Crippen molar-refractivity contribution in [1.82, 2.24) is 4.37 Å². The van der Waals surface area contributed by atoms with Crippen molar-refractivity contribution in [3.63, 3.8) is 0 Å². The number of anilines is 1. The van der Waals surface area contributed by atoms with Gasteiger partial charge in [-0.1, -0.05) is 48.0 Å². The van der Waals surface area contributed by atoms with Crippen molar-refractivity contribution in [1.29, 1.82) is 0 Å². The van der Waals surface area contributed by atoms with Crippen molar-refractivity contribution in [2.24, 2.45) is 0 Å². The molecule has 3 rings (SSSR count). The molecule has 0 atom stereocenters. The van der Waals surface area contributed by atoms with E-state index in [1.165, 1.54) is 18.6 Å². The number of carbonyl (C=O) groups is 1. The highest BCUT2D eigenvalue weighted by atomic mass is 35.5. The van der Waals surface area contributed by atoms with Crippen LogP contribution >= 0.6 is 23.1 Å². The van der Waals surface area contributed by atoms with Gasteiger partial charge in [0.05, 0.1) is 29.8 Å². The van der Waals surface area contributed by atoms with Crippen LogP contribution in [-0.4, -0.2) is 24.5 Å². The van der Waals surface area contributed by atoms with E-state index in [9.17, 15) is 4.79 Å². The van der Waals surface area contributed by atoms with Gasteiger partial charge in [0.15, 0.2) is 0 Å². The lowest BCUT2D eigenvalue weighted by Crippen LogP contribution is -2.04. The minimum atomic E-state index is -0.279. The number of benzene rings is 2. The number of aromatic nitrogens is 1. The Labute approximate surface area is 161 Å². The van der Waals surface area contributed by atoms with E-state index >= 15 is 0 Å². The fourth-order valence-electron chi connectivity index (χ4n) is 2.80. The van der Waals surface area contributed by atoms with E-state index in [2.05, 4.69) is 21.8 Å². The quantitative estimate of drug-likeness (QED) is 0.612. The first-order valence-corrected chi connectivity index (χ1v) is 9.28. The van der Waals surface area contributed by atoms with Crippen LogP contribution in [0.5, 0.6) is 0 Å². The number of nitrogens with zero attached hydrogens (tertiary/aromatic N) is 1. The molecule has 6 heteroatoms. The first kappa shape index (κ1) is 18.4. The lowest BCUT2D eigenvalue weighted by Gasteiger charge is -2.09. The highest BCUT2D eigenvalue weighted by Gasteiger charge is 2.12. The Hall–Kier alpha value is -2.37. The average molecular weight is 387 g/mol. The normalized spacial score (nSPS) is 10.6. The molecule has 0 saturated carbocycles. The summed E-state index contributed by atoms with van der Waals surface area (Å²) in [5, 5.41) is 3.83. The monoisotopic (exact) mass is 386 g/mol. The van der Waals surface area contributed by atoms with Gasteiger partial charge < -0.3 is 10.1 Å². The summed E-state index contributed by atoms with van der Waals surface area (Å²) < 4.78 is 9.11. The van der Waals surface area contributed by atoms with Gasteiger partial charge in [0.1, 0.15) is 0 Å². The summed E-state index contributed by atoms with van der Waals surface area (Å²) in [5.41, 5.74) is 5.97. The van der Waals surface area contributed by atoms with Crippen molar-refractivity contribution >= 4 is 34.8 Å². The highest BCUT2D eigenvalue weighted by Crippen LogP contribution is 2.36. The molecular formula is C20H19ClN2O2S. The van der Waals surface area contributed by atoms with E-state index in [-0.39, 0.29) is 12.4 Å². The molecule has 0 saturated heterocycles. The number of halogens is 1. The van der Waals surface area contributed by atoms with Crippen molar-refractivity contribution in [2.45, 2.75) is 13.3 Å². The molecule has 1 N–H and O–H groups in total. The van der Waals surface area contributed by atoms with Gasteiger partial charge in [-0.15, -0.1) is 0 Å². The van der Waals surface area contributed by atoms with E-state index in [1.807, 2.05) is 44.3 Å². The molecule has 0 spiro atoms. The first-order valence-electron chi connectivity index (χ1n) is 8.13. The Balaban J connectivity index is 1.88. The number of aryl methyl sites for hydroxylation is 1. The van der Waals surface area contributed by atoms with Crippen LogP contribution < -0.4 is 5.32 Å². The van der Waals surface area contributed by atoms with Crippen LogP contribution in [0.2, 0.25) is 5.02 Å². The Morgan fingerprint density at radius 3 is 2.50 bits per heavy atom. The van der Waals surface area contributed by atoms with Gasteiger partial charge in [0.25, 0.3) is 0 Å². The van der Waals surface area contributed by atoms with E-state index < -0.39 is 0 Å². The zero-order chi connectivity index (χ0) is 18.7. The van der Waals surface area contributed by atoms with Crippen LogP contribution in [-0.2, 0) is 16.0 Å². The molecule has 0 amide bonds. The number of ether oxygens (including phenoxy) is 1. The molecular weight excluding hydrogens is 368 g/mol. The van der Waals surface area contributed by atoms with Gasteiger partial charge in [-0.3, -0.25) is 4.79 Å². The third-order valence-electron chi connectivity index (χ3n) is 4.18. The molecule has 0 aliphatic heterocycles. The number of rotatable bonds is 5. The van der Waals surface area contributed by atoms with Gasteiger partial charge in [-0.2, -0.15) is 4.37 Å². The van der Waals surface area contributed by atoms with Crippen molar-refractivity contribution < 1.29 is 9.53 Å². The number of methoxy groups -OCH3 is 1. The summed E-state index contributed by atoms with van der Waals surface area (Å²) in [6, 6.07) is 13.9. The van der Waals surface area contributed by atoms with Crippen LogP contribution in [0.1, 0.15) is 11.3 Å². The second kappa shape index (κ2) is 7.89. The average Bonchev–Trinajstić information content (AvgIpc) is 3.02. The summed E-state index contributed by atoms with van der Waals surface area (Å²) >= 11 is 7.91. The second-order valence-electron chi connectivity index (χ2n) is 5.87. The number of nitrogens with one attached hydrogen (secondary N) is 1. The van der Waals surface area contributed by atoms with E-state index in [1.54, 1.807) is 0 Å². The van der Waals surface area contributed by atoms with Crippen molar-refractivity contribution in [2.75, 3.05) is 19.5 Å². The minimum Gasteiger partial charge on any atom is -0.469 e. The summed E-state index contributed by atoms with van der Waals surface area (Å²) in [7, 11) is 3.29. The molecule has 0 fully saturated rings. The van der Waals surface area contributed by atoms with Crippen LogP contribution in [0, 0.1) is 6.92 Å². The van der Waals surface area contributed by atoms with Gasteiger partial charge in [0.2, 0.25) is 0 Å². The molecule has 3 aromatic rings. The fraction of sp³-hybridized carbons (Fsp3) is 0.200. The topological polar surface area (TPSA) is 51.2 Å². The van der Waals surface area contributed by atoms with E-state index in [4.69, 9.17) is 16.3 Å². The maximum Gasteiger partial charge on any atom is 0.309 e. The van der Waals surface area contributed by atoms with Gasteiger partial charge in [0, 0.05) is 17.6 Å². The third-order valence-corrected chi connectivity index (χ3v) is 5.48. The van der Waals surface area contributed by atoms with Crippen LogP contribution in [0.15, 0.2) is 42.5 Å². The molecule has 4 nitrogen and oxygen atoms in total. The van der Waals surface area contributed by atoms with Gasteiger partial charge in [-0.25, -0.2) is 0 Å². The molecule has 2 aromatic carbocycles. The molecule has 0 aliphatic carbocycles. The lowest BCUT2D eigenvalue weighted by molar-refractivity contribution is -0.139. The van der Waals surface area contributed by atoms with Crippen LogP contribution in [0.4, 0.5) is 5.69 Å². The highest BCUT2D eigenvalue weighted by molar-refractivity contribution is 7.10. The predicted molar refractivity (Wildman–Crippen MR) is 108 cm³/mol. The van der Waals surface area contributed by atoms with Crippen LogP contribution in [0.25, 0.3) is 21.6 Å². The molecule has 0 bridgehead atoms. The number of esters is 1. The van der Waals surface area contributed by atoms with Gasteiger partial charge in [-0.05, 0) is 41.2 Å². The van der Waals surface area contributed by atoms with Crippen molar-refractivity contribution in [3.8, 4) is 21.6 Å². The molecule has 134 valence electrons. The Kier molecular flexibility index (Phi) is 5.59. The van der Waals surface area contributed by atoms with E-state index in [0.717, 1.165) is 38.5 Å². The number of hydrogen-bond acceptors (Lipinski definition) is 5. The fourth-order valence-corrected chi connectivity index (χ4v) is 4.02. The number of hydrogen-bond donors (Lipinski definition) is 1. The minimum absolute atomic E-state index is 0.215. The maximum absolute atomic E-state index is 11.4. The zero-order valence-electron chi connectivity index (χ0n) is 14.8. The summed E-state index contributed by atoms with van der Waals surface area (Å²) in [4.78, 5) is 12.5. The standard InChI is InChI=1S/C20H19ClN2O2S/c1-12-19(22-2)20(26-23-12)15-7-5-14(6-8-15)16-9-4-13(10-17(16)21)11-18(24)25-3/h4-10,22H,11H2,1-3H3. The van der Waals surface area contributed by atoms with Gasteiger partial charge >= 0.3 is 5.97 Å². The molecule has 0 aliphatic rings. The Bertz CT molecular complexity index is 935. The molecule has 26 heavy (non-hydrogen) atoms. The van der Waals surface area contributed by atoms with Crippen molar-refractivity contribution in [3.05, 3.63) is 58.7 Å². The first-order chi connectivity index (χ1) is 12.5. The lowest BCUT2D eigenvalue weighted by atomic mass is 10.0. The molecule has 0 radical (unpaired) electrons. The molecule has 1 aromatic heterocycles. The summed E-state index contributed by atoms with van der Waals surface area (Å²) in [6.07, 6.45) is 0.215. The molecule has 0 unspecified atom stereocenters. The maximum atomic E-state index is 11.4. The Morgan fingerprint density at radius 2 is 1.88 bits per heavy atom. The Morgan fingerprint density at radius 1 is 1.19 bits per heavy atom. The second-order valence-corrected chi connectivity index (χ2v) is 7.05. The predicted octanol–water partition coefficient (Wildman–Crippen LogP) is 5.20. The number of carbonyl (C=O) groups excluding carboxylic acids is 1. The largest absolute Gasteiger partial charge is 0.469 e. The summed E-state index contributed by atoms with van der Waals surface area (Å²) in [5.74, 6) is -0.279.